The lowest BCUT2D eigenvalue weighted by Crippen LogP contribution is -1.92. The van der Waals surface area contributed by atoms with E-state index in [2.05, 4.69) is 11.1 Å². The lowest BCUT2D eigenvalue weighted by molar-refractivity contribution is 0.184. The Labute approximate surface area is 82.0 Å². The zero-order valence-corrected chi connectivity index (χ0v) is 8.81. The number of ether oxygens (including phenoxy) is 1. The van der Waals surface area contributed by atoms with Crippen molar-refractivity contribution in [2.24, 2.45) is 0 Å². The Kier molecular flexibility index (Phi) is 3.40. The molecule has 0 bridgehead atoms. The minimum absolute atomic E-state index is 0.302. The van der Waals surface area contributed by atoms with Crippen LogP contribution in [-0.2, 0) is 11.3 Å². The molecule has 0 N–H and O–H groups in total. The highest BCUT2D eigenvalue weighted by Crippen LogP contribution is 2.24. The number of methoxy groups -OCH3 is 1. The summed E-state index contributed by atoms with van der Waals surface area (Å²) in [6.07, 6.45) is 0. The zero-order chi connectivity index (χ0) is 9.84. The molecule has 1 rings (SSSR count). The summed E-state index contributed by atoms with van der Waals surface area (Å²) >= 11 is 1.42. The van der Waals surface area contributed by atoms with Gasteiger partial charge < -0.3 is 4.74 Å². The Balaban J connectivity index is 2.99. The Morgan fingerprint density at radius 1 is 1.62 bits per heavy atom. The second kappa shape index (κ2) is 4.35. The Morgan fingerprint density at radius 2 is 2.31 bits per heavy atom. The number of aromatic nitrogens is 1. The van der Waals surface area contributed by atoms with E-state index in [4.69, 9.17) is 10.00 Å². The first-order chi connectivity index (χ1) is 6.19. The van der Waals surface area contributed by atoms with Crippen LogP contribution in [0.15, 0.2) is 0 Å². The summed E-state index contributed by atoms with van der Waals surface area (Å²) in [5.41, 5.74) is 0.888. The van der Waals surface area contributed by atoms with Crippen molar-refractivity contribution >= 4 is 11.3 Å². The molecule has 0 aliphatic rings. The van der Waals surface area contributed by atoms with Gasteiger partial charge in [-0.2, -0.15) is 5.26 Å². The van der Waals surface area contributed by atoms with E-state index in [-0.39, 0.29) is 0 Å². The fraction of sp³-hybridized carbons (Fsp3) is 0.556. The minimum atomic E-state index is 0.302. The number of nitrogens with zero attached hydrogens (tertiary/aromatic N) is 2. The van der Waals surface area contributed by atoms with Crippen LogP contribution in [0.2, 0.25) is 0 Å². The molecule has 0 aliphatic heterocycles. The van der Waals surface area contributed by atoms with Gasteiger partial charge in [0.15, 0.2) is 0 Å². The third-order valence-corrected chi connectivity index (χ3v) is 2.56. The molecule has 0 amide bonds. The summed E-state index contributed by atoms with van der Waals surface area (Å²) in [5.74, 6) is 0.302. The number of thiazole rings is 1. The molecule has 0 saturated carbocycles. The van der Waals surface area contributed by atoms with E-state index in [1.807, 2.05) is 13.8 Å². The van der Waals surface area contributed by atoms with E-state index in [9.17, 15) is 0 Å². The van der Waals surface area contributed by atoms with E-state index >= 15 is 0 Å². The quantitative estimate of drug-likeness (QED) is 0.745. The van der Waals surface area contributed by atoms with Gasteiger partial charge in [-0.3, -0.25) is 0 Å². The van der Waals surface area contributed by atoms with Crippen molar-refractivity contribution in [1.82, 2.24) is 4.98 Å². The van der Waals surface area contributed by atoms with Gasteiger partial charge in [0, 0.05) is 7.11 Å². The summed E-state index contributed by atoms with van der Waals surface area (Å²) in [6.45, 7) is 4.56. The largest absolute Gasteiger partial charge is 0.378 e. The Hall–Kier alpha value is -0.920. The van der Waals surface area contributed by atoms with Crippen LogP contribution in [0.4, 0.5) is 0 Å². The highest BCUT2D eigenvalue weighted by atomic mass is 32.1. The van der Waals surface area contributed by atoms with Crippen molar-refractivity contribution in [2.75, 3.05) is 7.11 Å². The normalized spacial score (nSPS) is 10.4. The first-order valence-corrected chi connectivity index (χ1v) is 4.89. The van der Waals surface area contributed by atoms with Crippen molar-refractivity contribution in [2.45, 2.75) is 26.4 Å². The van der Waals surface area contributed by atoms with Crippen LogP contribution in [0.3, 0.4) is 0 Å². The average molecular weight is 196 g/mol. The summed E-state index contributed by atoms with van der Waals surface area (Å²) in [6, 6.07) is 2.16. The Bertz CT molecular complexity index is 325. The lowest BCUT2D eigenvalue weighted by Gasteiger charge is -1.98. The van der Waals surface area contributed by atoms with Crippen LogP contribution in [0.1, 0.15) is 35.3 Å². The first kappa shape index (κ1) is 10.2. The second-order valence-electron chi connectivity index (χ2n) is 3.02. The van der Waals surface area contributed by atoms with E-state index in [0.29, 0.717) is 17.4 Å². The van der Waals surface area contributed by atoms with Gasteiger partial charge in [0.1, 0.15) is 16.0 Å². The van der Waals surface area contributed by atoms with E-state index in [0.717, 1.165) is 10.7 Å². The van der Waals surface area contributed by atoms with E-state index in [1.54, 1.807) is 7.11 Å². The average Bonchev–Trinajstić information content (AvgIpc) is 2.48. The number of hydrogen-bond donors (Lipinski definition) is 0. The van der Waals surface area contributed by atoms with Crippen molar-refractivity contribution in [1.29, 1.82) is 5.26 Å². The van der Waals surface area contributed by atoms with Gasteiger partial charge in [-0.05, 0) is 5.92 Å². The van der Waals surface area contributed by atoms with Gasteiger partial charge in [-0.25, -0.2) is 4.98 Å². The van der Waals surface area contributed by atoms with Crippen LogP contribution < -0.4 is 0 Å². The lowest BCUT2D eigenvalue weighted by atomic mass is 10.1. The summed E-state index contributed by atoms with van der Waals surface area (Å²) < 4.78 is 4.96. The predicted octanol–water partition coefficient (Wildman–Crippen LogP) is 2.28. The monoisotopic (exact) mass is 196 g/mol. The fourth-order valence-electron chi connectivity index (χ4n) is 1.03. The summed E-state index contributed by atoms with van der Waals surface area (Å²) in [7, 11) is 1.63. The van der Waals surface area contributed by atoms with Crippen LogP contribution in [0, 0.1) is 11.3 Å². The molecule has 1 aromatic rings. The number of hydrogen-bond acceptors (Lipinski definition) is 4. The molecule has 0 radical (unpaired) electrons. The number of nitriles is 1. The van der Waals surface area contributed by atoms with Gasteiger partial charge in [0.05, 0.1) is 12.3 Å². The highest BCUT2D eigenvalue weighted by Gasteiger charge is 2.13. The topological polar surface area (TPSA) is 45.9 Å². The maximum atomic E-state index is 8.83. The molecule has 0 unspecified atom stereocenters. The van der Waals surface area contributed by atoms with Crippen LogP contribution in [-0.4, -0.2) is 12.1 Å². The third-order valence-electron chi connectivity index (χ3n) is 1.61. The molecular formula is C9H12N2OS. The second-order valence-corrected chi connectivity index (χ2v) is 4.11. The summed E-state index contributed by atoms with van der Waals surface area (Å²) in [4.78, 5) is 5.05. The maximum absolute atomic E-state index is 8.83. The molecule has 0 saturated heterocycles. The molecule has 0 spiro atoms. The van der Waals surface area contributed by atoms with Crippen molar-refractivity contribution < 1.29 is 4.74 Å². The van der Waals surface area contributed by atoms with Gasteiger partial charge >= 0.3 is 0 Å². The van der Waals surface area contributed by atoms with Crippen molar-refractivity contribution in [3.8, 4) is 6.07 Å². The standard InChI is InChI=1S/C9H12N2OS/c1-6(2)9-7(4-10)13-8(11-9)5-12-3/h6H,5H2,1-3H3. The van der Waals surface area contributed by atoms with Crippen molar-refractivity contribution in [3.63, 3.8) is 0 Å². The maximum Gasteiger partial charge on any atom is 0.128 e. The molecule has 13 heavy (non-hydrogen) atoms. The molecule has 70 valence electrons. The van der Waals surface area contributed by atoms with E-state index < -0.39 is 0 Å². The highest BCUT2D eigenvalue weighted by molar-refractivity contribution is 7.12. The molecule has 4 heteroatoms. The van der Waals surface area contributed by atoms with Crippen LogP contribution in [0.25, 0.3) is 0 Å². The molecule has 3 nitrogen and oxygen atoms in total. The third kappa shape index (κ3) is 2.27. The zero-order valence-electron chi connectivity index (χ0n) is 8.00. The van der Waals surface area contributed by atoms with Gasteiger partial charge in [-0.15, -0.1) is 11.3 Å². The molecular weight excluding hydrogens is 184 g/mol. The molecule has 0 aromatic carbocycles. The Morgan fingerprint density at radius 3 is 2.69 bits per heavy atom. The fourth-order valence-corrected chi connectivity index (χ4v) is 2.02. The van der Waals surface area contributed by atoms with Gasteiger partial charge in [0.25, 0.3) is 0 Å². The molecule has 0 fully saturated rings. The molecule has 1 aromatic heterocycles. The van der Waals surface area contributed by atoms with Crippen LogP contribution >= 0.6 is 11.3 Å². The molecule has 0 aliphatic carbocycles. The van der Waals surface area contributed by atoms with Gasteiger partial charge in [-0.1, -0.05) is 13.8 Å². The molecule has 0 atom stereocenters. The predicted molar refractivity (Wildman–Crippen MR) is 51.6 cm³/mol. The van der Waals surface area contributed by atoms with Gasteiger partial charge in [0.2, 0.25) is 0 Å². The summed E-state index contributed by atoms with van der Waals surface area (Å²) in [5, 5.41) is 9.71. The van der Waals surface area contributed by atoms with Crippen LogP contribution in [0.5, 0.6) is 0 Å². The van der Waals surface area contributed by atoms with E-state index in [1.165, 1.54) is 11.3 Å². The molecule has 1 heterocycles. The minimum Gasteiger partial charge on any atom is -0.378 e. The number of rotatable bonds is 3. The smallest absolute Gasteiger partial charge is 0.128 e. The first-order valence-electron chi connectivity index (χ1n) is 4.07. The SMILES string of the molecule is COCc1nc(C(C)C)c(C#N)s1. The van der Waals surface area contributed by atoms with Crippen molar-refractivity contribution in [3.05, 3.63) is 15.6 Å².